The van der Waals surface area contributed by atoms with E-state index in [9.17, 15) is 22.4 Å². The van der Waals surface area contributed by atoms with Crippen molar-refractivity contribution in [3.63, 3.8) is 0 Å². The van der Waals surface area contributed by atoms with E-state index >= 15 is 0 Å². The maximum atomic E-state index is 14.5. The van der Waals surface area contributed by atoms with Gasteiger partial charge < -0.3 is 14.4 Å². The molecule has 4 heterocycles. The van der Waals surface area contributed by atoms with E-state index in [4.69, 9.17) is 9.47 Å². The molecule has 7 rings (SSSR count). The third-order valence-electron chi connectivity index (χ3n) is 7.07. The van der Waals surface area contributed by atoms with Gasteiger partial charge >= 0.3 is 11.9 Å². The summed E-state index contributed by atoms with van der Waals surface area (Å²) < 4.78 is 65.9. The van der Waals surface area contributed by atoms with E-state index in [0.717, 1.165) is 37.3 Å². The molecule has 182 valence electrons. The molecule has 35 heavy (non-hydrogen) atoms. The van der Waals surface area contributed by atoms with E-state index in [1.807, 2.05) is 0 Å². The Balaban J connectivity index is 1.10. The van der Waals surface area contributed by atoms with Gasteiger partial charge in [0, 0.05) is 19.0 Å². The Hall–Kier alpha value is -3.56. The Morgan fingerprint density at radius 3 is 2.71 bits per heavy atom. The van der Waals surface area contributed by atoms with E-state index in [1.165, 1.54) is 24.3 Å². The van der Waals surface area contributed by atoms with Crippen LogP contribution in [0.3, 0.4) is 0 Å². The second-order valence-corrected chi connectivity index (χ2v) is 9.42. The van der Waals surface area contributed by atoms with Crippen molar-refractivity contribution in [3.05, 3.63) is 76.0 Å². The lowest BCUT2D eigenvalue weighted by molar-refractivity contribution is -0.137. The van der Waals surface area contributed by atoms with Crippen molar-refractivity contribution in [3.8, 4) is 17.4 Å². The fourth-order valence-corrected chi connectivity index (χ4v) is 5.50. The van der Waals surface area contributed by atoms with E-state index in [0.29, 0.717) is 24.4 Å². The summed E-state index contributed by atoms with van der Waals surface area (Å²) in [5.74, 6) is 0.801. The van der Waals surface area contributed by atoms with Crippen LogP contribution < -0.4 is 20.1 Å². The van der Waals surface area contributed by atoms with E-state index in [2.05, 4.69) is 9.88 Å². The summed E-state index contributed by atoms with van der Waals surface area (Å²) in [7, 11) is 0. The Morgan fingerprint density at radius 1 is 1.11 bits per heavy atom. The van der Waals surface area contributed by atoms with Gasteiger partial charge in [-0.1, -0.05) is 12.1 Å². The van der Waals surface area contributed by atoms with Crippen LogP contribution in [0.5, 0.6) is 17.4 Å². The minimum Gasteiger partial charge on any atom is -0.477 e. The van der Waals surface area contributed by atoms with Gasteiger partial charge in [-0.15, -0.1) is 0 Å². The van der Waals surface area contributed by atoms with Gasteiger partial charge in [0.15, 0.2) is 11.6 Å². The minimum absolute atomic E-state index is 0.0759. The number of anilines is 1. The Morgan fingerprint density at radius 2 is 1.94 bits per heavy atom. The fourth-order valence-electron chi connectivity index (χ4n) is 5.50. The summed E-state index contributed by atoms with van der Waals surface area (Å²) in [5, 5.41) is 0. The van der Waals surface area contributed by atoms with E-state index < -0.39 is 17.6 Å². The van der Waals surface area contributed by atoms with Crippen molar-refractivity contribution < 1.29 is 27.0 Å². The summed E-state index contributed by atoms with van der Waals surface area (Å²) in [6.07, 6.45) is -1.94. The van der Waals surface area contributed by atoms with Gasteiger partial charge in [0.2, 0.25) is 5.88 Å². The second kappa shape index (κ2) is 7.73. The zero-order valence-electron chi connectivity index (χ0n) is 18.5. The SMILES string of the molecule is O=c1nc(OCCc2ccc(Oc3cccc(C(F)(F)F)c3)c(F)c2)cc2n1CC13CC(CN21)C3. The first-order chi connectivity index (χ1) is 16.7. The van der Waals surface area contributed by atoms with E-state index in [-0.39, 0.29) is 35.2 Å². The van der Waals surface area contributed by atoms with Crippen LogP contribution in [0.1, 0.15) is 24.0 Å². The number of alkyl halides is 3. The van der Waals surface area contributed by atoms with Crippen molar-refractivity contribution in [1.82, 2.24) is 9.55 Å². The number of benzene rings is 2. The van der Waals surface area contributed by atoms with Crippen LogP contribution in [-0.4, -0.2) is 28.2 Å². The van der Waals surface area contributed by atoms with Crippen molar-refractivity contribution >= 4 is 5.82 Å². The molecule has 0 N–H and O–H groups in total. The van der Waals surface area contributed by atoms with Crippen molar-refractivity contribution in [2.24, 2.45) is 5.92 Å². The molecule has 6 nitrogen and oxygen atoms in total. The van der Waals surface area contributed by atoms with Gasteiger partial charge in [0.05, 0.1) is 24.3 Å². The molecule has 4 aliphatic rings. The summed E-state index contributed by atoms with van der Waals surface area (Å²) in [4.78, 5) is 18.8. The highest BCUT2D eigenvalue weighted by Gasteiger charge is 2.60. The van der Waals surface area contributed by atoms with Crippen molar-refractivity contribution in [2.45, 2.75) is 37.5 Å². The smallest absolute Gasteiger partial charge is 0.416 e. The fraction of sp³-hybridized carbons (Fsp3) is 0.360. The molecule has 0 unspecified atom stereocenters. The van der Waals surface area contributed by atoms with Gasteiger partial charge in [-0.2, -0.15) is 18.2 Å². The number of rotatable bonds is 6. The molecule has 2 aromatic carbocycles. The molecule has 3 aromatic rings. The van der Waals surface area contributed by atoms with Crippen molar-refractivity contribution in [2.75, 3.05) is 18.1 Å². The first-order valence-electron chi connectivity index (χ1n) is 11.4. The average Bonchev–Trinajstić information content (AvgIpc) is 3.42. The highest BCUT2D eigenvalue weighted by Crippen LogP contribution is 2.56. The molecule has 2 saturated heterocycles. The maximum absolute atomic E-state index is 14.5. The monoisotopic (exact) mass is 487 g/mol. The first kappa shape index (κ1) is 21.9. The molecule has 3 aliphatic heterocycles. The Labute approximate surface area is 197 Å². The predicted octanol–water partition coefficient (Wildman–Crippen LogP) is 4.80. The second-order valence-electron chi connectivity index (χ2n) is 9.42. The molecule has 1 saturated carbocycles. The quantitative estimate of drug-likeness (QED) is 0.468. The van der Waals surface area contributed by atoms with Gasteiger partial charge in [-0.05, 0) is 54.7 Å². The summed E-state index contributed by atoms with van der Waals surface area (Å²) in [5.41, 5.74) is -0.518. The Bertz CT molecular complexity index is 1360. The van der Waals surface area contributed by atoms with Gasteiger partial charge in [0.1, 0.15) is 11.6 Å². The lowest BCUT2D eigenvalue weighted by Crippen LogP contribution is -2.44. The number of hydrogen-bond acceptors (Lipinski definition) is 5. The zero-order chi connectivity index (χ0) is 24.4. The molecule has 0 atom stereocenters. The van der Waals surface area contributed by atoms with Crippen LogP contribution in [0, 0.1) is 11.7 Å². The highest BCUT2D eigenvalue weighted by molar-refractivity contribution is 5.54. The normalized spacial score (nSPS) is 21.9. The number of nitrogens with zero attached hydrogens (tertiary/aromatic N) is 3. The molecule has 1 spiro atoms. The zero-order valence-corrected chi connectivity index (χ0v) is 18.5. The summed E-state index contributed by atoms with van der Waals surface area (Å²) in [6.45, 7) is 1.81. The van der Waals surface area contributed by atoms with E-state index in [1.54, 1.807) is 16.7 Å². The van der Waals surface area contributed by atoms with Crippen LogP contribution in [0.4, 0.5) is 23.4 Å². The number of ether oxygens (including phenoxy) is 2. The van der Waals surface area contributed by atoms with Gasteiger partial charge in [-0.3, -0.25) is 4.57 Å². The largest absolute Gasteiger partial charge is 0.477 e. The number of hydrogen-bond donors (Lipinski definition) is 0. The van der Waals surface area contributed by atoms with Crippen LogP contribution in [0.2, 0.25) is 0 Å². The van der Waals surface area contributed by atoms with Gasteiger partial charge in [-0.25, -0.2) is 9.18 Å². The van der Waals surface area contributed by atoms with Crippen LogP contribution >= 0.6 is 0 Å². The molecule has 3 fully saturated rings. The highest BCUT2D eigenvalue weighted by atomic mass is 19.4. The Kier molecular flexibility index (Phi) is 4.84. The maximum Gasteiger partial charge on any atom is 0.416 e. The molecule has 10 heteroatoms. The van der Waals surface area contributed by atoms with Crippen LogP contribution in [0.15, 0.2) is 53.3 Å². The topological polar surface area (TPSA) is 56.6 Å². The number of halogens is 4. The van der Waals surface area contributed by atoms with Crippen LogP contribution in [-0.2, 0) is 19.1 Å². The molecule has 2 bridgehead atoms. The van der Waals surface area contributed by atoms with Gasteiger partial charge in [0.25, 0.3) is 0 Å². The third kappa shape index (κ3) is 3.81. The number of fused-ring (bicyclic) bond motifs is 1. The molecule has 0 amide bonds. The summed E-state index contributed by atoms with van der Waals surface area (Å²) >= 11 is 0. The predicted molar refractivity (Wildman–Crippen MR) is 118 cm³/mol. The van der Waals surface area contributed by atoms with Crippen molar-refractivity contribution in [1.29, 1.82) is 0 Å². The standard InChI is InChI=1S/C25H21F4N3O3/c26-19-8-15(4-5-20(19)35-18-3-1-2-17(9-18)25(27,28)29)6-7-34-21-10-22-31(23(33)30-21)14-24-11-16(12-24)13-32(22)24/h1-5,8-10,16H,6-7,11-14H2. The number of aromatic nitrogens is 2. The minimum atomic E-state index is -4.52. The molecular weight excluding hydrogens is 466 g/mol. The molecule has 1 aromatic heterocycles. The summed E-state index contributed by atoms with van der Waals surface area (Å²) in [6, 6.07) is 10.3. The van der Waals surface area contributed by atoms with Crippen LogP contribution in [0.25, 0.3) is 0 Å². The third-order valence-corrected chi connectivity index (χ3v) is 7.07. The molecule has 1 aliphatic carbocycles. The molecular formula is C25H21F4N3O3. The lowest BCUT2D eigenvalue weighted by atomic mass is 9.74. The first-order valence-corrected chi connectivity index (χ1v) is 11.4. The molecule has 0 radical (unpaired) electrons. The average molecular weight is 487 g/mol. The lowest BCUT2D eigenvalue weighted by Gasteiger charge is -2.37.